The van der Waals surface area contributed by atoms with E-state index in [1.165, 1.54) is 0 Å². The van der Waals surface area contributed by atoms with Gasteiger partial charge in [0.05, 0.1) is 13.1 Å². The molecule has 2 heterocycles. The Balaban J connectivity index is 1.71. The zero-order valence-corrected chi connectivity index (χ0v) is 9.89. The summed E-state index contributed by atoms with van der Waals surface area (Å²) in [4.78, 5) is 17.9. The van der Waals surface area contributed by atoms with E-state index < -0.39 is 5.60 Å². The van der Waals surface area contributed by atoms with E-state index in [4.69, 9.17) is 0 Å². The van der Waals surface area contributed by atoms with E-state index in [0.29, 0.717) is 24.7 Å². The third kappa shape index (κ3) is 1.72. The number of aromatic nitrogens is 1. The molecule has 0 aromatic carbocycles. The Bertz CT molecular complexity index is 462. The van der Waals surface area contributed by atoms with Crippen LogP contribution < -0.4 is 0 Å². The lowest BCUT2D eigenvalue weighted by atomic mass is 9.88. The van der Waals surface area contributed by atoms with E-state index in [-0.39, 0.29) is 5.91 Å². The Morgan fingerprint density at radius 1 is 1.53 bits per heavy atom. The summed E-state index contributed by atoms with van der Waals surface area (Å²) in [6.45, 7) is 2.81. The van der Waals surface area contributed by atoms with E-state index in [2.05, 4.69) is 4.98 Å². The fraction of sp³-hybridized carbons (Fsp3) is 0.538. The van der Waals surface area contributed by atoms with Gasteiger partial charge in [0, 0.05) is 6.20 Å². The first-order valence-electron chi connectivity index (χ1n) is 6.03. The second kappa shape index (κ2) is 3.53. The van der Waals surface area contributed by atoms with Crippen molar-refractivity contribution in [2.45, 2.75) is 25.4 Å². The summed E-state index contributed by atoms with van der Waals surface area (Å²) in [7, 11) is 0. The molecule has 0 atom stereocenters. The number of hydrogen-bond acceptors (Lipinski definition) is 3. The molecule has 2 fully saturated rings. The molecule has 4 heteroatoms. The molecular formula is C13H16N2O2. The van der Waals surface area contributed by atoms with Crippen molar-refractivity contribution in [1.82, 2.24) is 9.88 Å². The maximum atomic E-state index is 12.1. The van der Waals surface area contributed by atoms with Gasteiger partial charge >= 0.3 is 0 Å². The summed E-state index contributed by atoms with van der Waals surface area (Å²) in [5, 5.41) is 10.2. The quantitative estimate of drug-likeness (QED) is 0.827. The minimum Gasteiger partial charge on any atom is -0.386 e. The first kappa shape index (κ1) is 10.7. The first-order chi connectivity index (χ1) is 8.10. The van der Waals surface area contributed by atoms with Gasteiger partial charge < -0.3 is 10.0 Å². The number of rotatable bonds is 2. The lowest BCUT2D eigenvalue weighted by Crippen LogP contribution is -2.64. The molecule has 4 nitrogen and oxygen atoms in total. The third-order valence-corrected chi connectivity index (χ3v) is 3.77. The molecule has 0 unspecified atom stereocenters. The molecule has 0 spiro atoms. The highest BCUT2D eigenvalue weighted by molar-refractivity contribution is 5.94. The largest absolute Gasteiger partial charge is 0.386 e. The summed E-state index contributed by atoms with van der Waals surface area (Å²) in [6, 6.07) is 3.70. The Labute approximate surface area is 100 Å². The van der Waals surface area contributed by atoms with Gasteiger partial charge in [-0.3, -0.25) is 9.78 Å². The number of aryl methyl sites for hydroxylation is 1. The van der Waals surface area contributed by atoms with Crippen molar-refractivity contribution < 1.29 is 9.90 Å². The average molecular weight is 232 g/mol. The zero-order valence-electron chi connectivity index (χ0n) is 9.89. The van der Waals surface area contributed by atoms with Gasteiger partial charge in [0.25, 0.3) is 5.91 Å². The number of hydrogen-bond donors (Lipinski definition) is 1. The van der Waals surface area contributed by atoms with Gasteiger partial charge in [0.2, 0.25) is 0 Å². The molecule has 1 amide bonds. The average Bonchev–Trinajstić information content (AvgIpc) is 3.08. The van der Waals surface area contributed by atoms with Crippen LogP contribution in [0.5, 0.6) is 0 Å². The fourth-order valence-electron chi connectivity index (χ4n) is 2.50. The minimum absolute atomic E-state index is 0.0616. The molecule has 1 aromatic heterocycles. The summed E-state index contributed by atoms with van der Waals surface area (Å²) >= 11 is 0. The molecule has 1 aromatic rings. The molecule has 90 valence electrons. The van der Waals surface area contributed by atoms with Gasteiger partial charge in [-0.15, -0.1) is 0 Å². The first-order valence-corrected chi connectivity index (χ1v) is 6.03. The van der Waals surface area contributed by atoms with Crippen LogP contribution in [-0.2, 0) is 0 Å². The van der Waals surface area contributed by atoms with E-state index in [1.54, 1.807) is 11.1 Å². The smallest absolute Gasteiger partial charge is 0.272 e. The normalized spacial score (nSPS) is 22.1. The number of likely N-dealkylation sites (tertiary alicyclic amines) is 1. The van der Waals surface area contributed by atoms with Crippen LogP contribution in [0.4, 0.5) is 0 Å². The predicted molar refractivity (Wildman–Crippen MR) is 62.6 cm³/mol. The van der Waals surface area contributed by atoms with Crippen molar-refractivity contribution in [3.63, 3.8) is 0 Å². The van der Waals surface area contributed by atoms with Gasteiger partial charge in [-0.25, -0.2) is 0 Å². The number of amides is 1. The third-order valence-electron chi connectivity index (χ3n) is 3.77. The molecule has 1 aliphatic heterocycles. The number of β-amino-alcohol motifs (C(OH)–C–C–N with tert-alkyl or cyclic N) is 1. The molecule has 0 bridgehead atoms. The van der Waals surface area contributed by atoms with Crippen molar-refractivity contribution in [3.8, 4) is 0 Å². The van der Waals surface area contributed by atoms with E-state index in [9.17, 15) is 9.90 Å². The Kier molecular flexibility index (Phi) is 2.23. The molecule has 0 radical (unpaired) electrons. The van der Waals surface area contributed by atoms with Crippen LogP contribution in [0.3, 0.4) is 0 Å². The Morgan fingerprint density at radius 2 is 2.24 bits per heavy atom. The molecule has 3 rings (SSSR count). The highest BCUT2D eigenvalue weighted by Crippen LogP contribution is 2.44. The van der Waals surface area contributed by atoms with Gasteiger partial charge in [-0.2, -0.15) is 0 Å². The van der Waals surface area contributed by atoms with Crippen molar-refractivity contribution in [1.29, 1.82) is 0 Å². The molecule has 1 aliphatic carbocycles. The van der Waals surface area contributed by atoms with Gasteiger partial charge in [0.1, 0.15) is 11.3 Å². The van der Waals surface area contributed by atoms with Crippen LogP contribution in [0.25, 0.3) is 0 Å². The topological polar surface area (TPSA) is 53.4 Å². The number of pyridine rings is 1. The highest BCUT2D eigenvalue weighted by atomic mass is 16.3. The summed E-state index contributed by atoms with van der Waals surface area (Å²) in [5.74, 6) is 0.352. The molecule has 2 aliphatic rings. The second-order valence-corrected chi connectivity index (χ2v) is 5.21. The summed E-state index contributed by atoms with van der Waals surface area (Å²) in [5.41, 5.74) is 0.780. The Hall–Kier alpha value is -1.42. The highest BCUT2D eigenvalue weighted by Gasteiger charge is 2.53. The van der Waals surface area contributed by atoms with Gasteiger partial charge in [-0.05, 0) is 37.3 Å². The maximum absolute atomic E-state index is 12.1. The van der Waals surface area contributed by atoms with E-state index >= 15 is 0 Å². The van der Waals surface area contributed by atoms with Crippen LogP contribution in [0.2, 0.25) is 0 Å². The van der Waals surface area contributed by atoms with Crippen molar-refractivity contribution >= 4 is 5.91 Å². The number of aliphatic hydroxyl groups is 1. The fourth-order valence-corrected chi connectivity index (χ4v) is 2.50. The van der Waals surface area contributed by atoms with Crippen LogP contribution in [-0.4, -0.2) is 39.6 Å². The predicted octanol–water partition coefficient (Wildman–Crippen LogP) is 0.987. The summed E-state index contributed by atoms with van der Waals surface area (Å²) < 4.78 is 0. The van der Waals surface area contributed by atoms with Gasteiger partial charge in [-0.1, -0.05) is 6.07 Å². The molecule has 1 N–H and O–H groups in total. The lowest BCUT2D eigenvalue weighted by Gasteiger charge is -2.46. The van der Waals surface area contributed by atoms with Crippen LogP contribution in [0.1, 0.15) is 28.9 Å². The molecule has 1 saturated carbocycles. The number of carbonyl (C=O) groups is 1. The van der Waals surface area contributed by atoms with E-state index in [1.807, 2.05) is 19.1 Å². The van der Waals surface area contributed by atoms with Crippen molar-refractivity contribution in [3.05, 3.63) is 29.6 Å². The van der Waals surface area contributed by atoms with Crippen LogP contribution in [0.15, 0.2) is 18.3 Å². The monoisotopic (exact) mass is 232 g/mol. The minimum atomic E-state index is -0.613. The number of nitrogens with zero attached hydrogens (tertiary/aromatic N) is 2. The zero-order chi connectivity index (χ0) is 12.0. The van der Waals surface area contributed by atoms with Gasteiger partial charge in [0.15, 0.2) is 0 Å². The molecule has 1 saturated heterocycles. The van der Waals surface area contributed by atoms with Crippen LogP contribution >= 0.6 is 0 Å². The lowest BCUT2D eigenvalue weighted by molar-refractivity contribution is -0.0959. The SMILES string of the molecule is Cc1cccnc1C(=O)N1CC(O)(C2CC2)C1. The van der Waals surface area contributed by atoms with E-state index in [0.717, 1.165) is 18.4 Å². The maximum Gasteiger partial charge on any atom is 0.272 e. The van der Waals surface area contributed by atoms with Crippen molar-refractivity contribution in [2.75, 3.05) is 13.1 Å². The van der Waals surface area contributed by atoms with Crippen molar-refractivity contribution in [2.24, 2.45) is 5.92 Å². The summed E-state index contributed by atoms with van der Waals surface area (Å²) in [6.07, 6.45) is 3.83. The Morgan fingerprint density at radius 3 is 2.82 bits per heavy atom. The standard InChI is InChI=1S/C13H16N2O2/c1-9-3-2-6-14-11(9)12(16)15-7-13(17,8-15)10-4-5-10/h2-3,6,10,17H,4-5,7-8H2,1H3. The second-order valence-electron chi connectivity index (χ2n) is 5.21. The van der Waals surface area contributed by atoms with Crippen LogP contribution in [0, 0.1) is 12.8 Å². The molecule has 17 heavy (non-hydrogen) atoms. The number of carbonyl (C=O) groups excluding carboxylic acids is 1. The molecular weight excluding hydrogens is 216 g/mol.